The number of aryl methyl sites for hydroxylation is 2. The Bertz CT molecular complexity index is 1380. The Kier molecular flexibility index (Phi) is 6.89. The number of hydrogen-bond donors (Lipinski definition) is 1. The number of alkyl halides is 3. The van der Waals surface area contributed by atoms with Crippen molar-refractivity contribution >= 4 is 11.6 Å². The second-order valence-corrected chi connectivity index (χ2v) is 9.97. The van der Waals surface area contributed by atoms with Gasteiger partial charge in [-0.3, -0.25) is 9.36 Å². The van der Waals surface area contributed by atoms with Gasteiger partial charge in [0, 0.05) is 43.5 Å². The number of benzene rings is 1. The minimum atomic E-state index is -4.47. The SMILES string of the molecule is CCn1cc(C(F)(F)F)nc1-c1ccc(CNC2CCCn3nc(-c4c(Cl)cnn4C(C)C)cc32)cc1. The molecule has 4 aromatic rings. The number of fused-ring (bicyclic) bond motifs is 1. The van der Waals surface area contributed by atoms with Gasteiger partial charge >= 0.3 is 6.18 Å². The van der Waals surface area contributed by atoms with Crippen LogP contribution in [0.3, 0.4) is 0 Å². The summed E-state index contributed by atoms with van der Waals surface area (Å²) in [5.41, 5.74) is 3.56. The van der Waals surface area contributed by atoms with E-state index < -0.39 is 11.9 Å². The van der Waals surface area contributed by atoms with Crippen LogP contribution >= 0.6 is 11.6 Å². The first-order chi connectivity index (χ1) is 17.7. The normalized spacial score (nSPS) is 15.9. The first-order valence-electron chi connectivity index (χ1n) is 12.4. The number of nitrogens with one attached hydrogen (secondary N) is 1. The summed E-state index contributed by atoms with van der Waals surface area (Å²) in [6.45, 7) is 7.79. The minimum Gasteiger partial charge on any atom is -0.331 e. The summed E-state index contributed by atoms with van der Waals surface area (Å²) in [5.74, 6) is 0.317. The highest BCUT2D eigenvalue weighted by molar-refractivity contribution is 6.32. The second-order valence-electron chi connectivity index (χ2n) is 9.56. The first kappa shape index (κ1) is 25.5. The van der Waals surface area contributed by atoms with Crippen LogP contribution in [-0.2, 0) is 25.8 Å². The fraction of sp³-hybridized carbons (Fsp3) is 0.423. The predicted molar refractivity (Wildman–Crippen MR) is 136 cm³/mol. The van der Waals surface area contributed by atoms with E-state index in [1.54, 1.807) is 13.1 Å². The van der Waals surface area contributed by atoms with Gasteiger partial charge in [-0.2, -0.15) is 23.4 Å². The van der Waals surface area contributed by atoms with E-state index in [-0.39, 0.29) is 12.1 Å². The van der Waals surface area contributed by atoms with Gasteiger partial charge in [0.25, 0.3) is 0 Å². The highest BCUT2D eigenvalue weighted by Gasteiger charge is 2.34. The van der Waals surface area contributed by atoms with Gasteiger partial charge in [-0.15, -0.1) is 0 Å². The lowest BCUT2D eigenvalue weighted by Crippen LogP contribution is -2.27. The van der Waals surface area contributed by atoms with E-state index in [0.717, 1.165) is 48.2 Å². The van der Waals surface area contributed by atoms with Gasteiger partial charge < -0.3 is 9.88 Å². The van der Waals surface area contributed by atoms with Gasteiger partial charge in [-0.05, 0) is 45.2 Å². The fourth-order valence-corrected chi connectivity index (χ4v) is 5.04. The van der Waals surface area contributed by atoms with Crippen LogP contribution in [0.1, 0.15) is 62.6 Å². The van der Waals surface area contributed by atoms with Crippen LogP contribution in [0.15, 0.2) is 42.7 Å². The van der Waals surface area contributed by atoms with Gasteiger partial charge in [0.05, 0.1) is 16.9 Å². The van der Waals surface area contributed by atoms with Crippen molar-refractivity contribution in [3.8, 4) is 22.8 Å². The summed E-state index contributed by atoms with van der Waals surface area (Å²) < 4.78 is 44.9. The maximum atomic E-state index is 13.1. The largest absolute Gasteiger partial charge is 0.434 e. The molecule has 1 aromatic carbocycles. The monoisotopic (exact) mass is 531 g/mol. The molecule has 0 saturated carbocycles. The Balaban J connectivity index is 1.32. The molecule has 0 aliphatic carbocycles. The highest BCUT2D eigenvalue weighted by atomic mass is 35.5. The van der Waals surface area contributed by atoms with E-state index in [2.05, 4.69) is 35.3 Å². The number of halogens is 4. The van der Waals surface area contributed by atoms with E-state index >= 15 is 0 Å². The maximum absolute atomic E-state index is 13.1. The van der Waals surface area contributed by atoms with E-state index in [4.69, 9.17) is 16.7 Å². The lowest BCUT2D eigenvalue weighted by atomic mass is 10.0. The molecule has 3 aromatic heterocycles. The third-order valence-corrected chi connectivity index (χ3v) is 6.96. The van der Waals surface area contributed by atoms with Gasteiger partial charge in [0.2, 0.25) is 0 Å². The summed E-state index contributed by atoms with van der Waals surface area (Å²) in [5, 5.41) is 13.4. The number of nitrogens with zero attached hydrogens (tertiary/aromatic N) is 6. The van der Waals surface area contributed by atoms with Crippen LogP contribution in [0.4, 0.5) is 13.2 Å². The first-order valence-corrected chi connectivity index (χ1v) is 12.8. The molecular weight excluding hydrogens is 503 g/mol. The molecule has 0 spiro atoms. The van der Waals surface area contributed by atoms with Crippen molar-refractivity contribution in [1.29, 1.82) is 0 Å². The zero-order chi connectivity index (χ0) is 26.3. The molecule has 1 N–H and O–H groups in total. The van der Waals surface area contributed by atoms with Gasteiger partial charge in [-0.1, -0.05) is 35.9 Å². The third kappa shape index (κ3) is 5.04. The fourth-order valence-electron chi connectivity index (χ4n) is 4.82. The van der Waals surface area contributed by atoms with Gasteiger partial charge in [-0.25, -0.2) is 4.98 Å². The molecule has 1 atom stereocenters. The Morgan fingerprint density at radius 2 is 1.95 bits per heavy atom. The van der Waals surface area contributed by atoms with Gasteiger partial charge in [0.15, 0.2) is 5.69 Å². The molecule has 1 aliphatic heterocycles. The highest BCUT2D eigenvalue weighted by Crippen LogP contribution is 2.34. The second kappa shape index (κ2) is 9.98. The smallest absolute Gasteiger partial charge is 0.331 e. The zero-order valence-corrected chi connectivity index (χ0v) is 21.7. The Hall–Kier alpha value is -3.11. The number of hydrogen-bond acceptors (Lipinski definition) is 4. The van der Waals surface area contributed by atoms with Crippen LogP contribution in [0.5, 0.6) is 0 Å². The molecule has 196 valence electrons. The van der Waals surface area contributed by atoms with Crippen molar-refractivity contribution in [1.82, 2.24) is 34.4 Å². The van der Waals surface area contributed by atoms with E-state index in [1.165, 1.54) is 4.57 Å². The van der Waals surface area contributed by atoms with Gasteiger partial charge in [0.1, 0.15) is 17.2 Å². The molecule has 37 heavy (non-hydrogen) atoms. The van der Waals surface area contributed by atoms with Crippen molar-refractivity contribution in [2.75, 3.05) is 0 Å². The summed E-state index contributed by atoms with van der Waals surface area (Å²) in [6.07, 6.45) is 0.237. The van der Waals surface area contributed by atoms with Crippen molar-refractivity contribution < 1.29 is 13.2 Å². The maximum Gasteiger partial charge on any atom is 0.434 e. The Morgan fingerprint density at radius 1 is 1.19 bits per heavy atom. The van der Waals surface area contributed by atoms with Crippen molar-refractivity contribution in [2.24, 2.45) is 0 Å². The summed E-state index contributed by atoms with van der Waals surface area (Å²) in [7, 11) is 0. The average molecular weight is 532 g/mol. The molecule has 5 rings (SSSR count). The van der Waals surface area contributed by atoms with Crippen LogP contribution in [0.25, 0.3) is 22.8 Å². The summed E-state index contributed by atoms with van der Waals surface area (Å²) in [4.78, 5) is 3.84. The third-order valence-electron chi connectivity index (χ3n) is 6.69. The number of imidazole rings is 1. The zero-order valence-electron chi connectivity index (χ0n) is 20.9. The summed E-state index contributed by atoms with van der Waals surface area (Å²) in [6, 6.07) is 9.87. The molecule has 0 amide bonds. The van der Waals surface area contributed by atoms with Crippen LogP contribution in [-0.4, -0.2) is 29.1 Å². The summed E-state index contributed by atoms with van der Waals surface area (Å²) >= 11 is 6.45. The molecule has 1 aliphatic rings. The van der Waals surface area contributed by atoms with Crippen molar-refractivity contribution in [2.45, 2.75) is 71.5 Å². The lowest BCUT2D eigenvalue weighted by Gasteiger charge is -2.24. The molecule has 0 saturated heterocycles. The van der Waals surface area contributed by atoms with E-state index in [9.17, 15) is 13.2 Å². The molecule has 0 fully saturated rings. The van der Waals surface area contributed by atoms with E-state index in [0.29, 0.717) is 29.5 Å². The molecular formula is C26H29ClF3N7. The number of aromatic nitrogens is 6. The van der Waals surface area contributed by atoms with E-state index in [1.807, 2.05) is 33.6 Å². The Labute approximate surface area is 218 Å². The van der Waals surface area contributed by atoms with Crippen LogP contribution < -0.4 is 5.32 Å². The quantitative estimate of drug-likeness (QED) is 0.295. The lowest BCUT2D eigenvalue weighted by molar-refractivity contribution is -0.140. The van der Waals surface area contributed by atoms with Crippen LogP contribution in [0, 0.1) is 0 Å². The molecule has 0 bridgehead atoms. The Morgan fingerprint density at radius 3 is 2.62 bits per heavy atom. The average Bonchev–Trinajstić information content (AvgIpc) is 3.58. The molecule has 1 unspecified atom stereocenters. The predicted octanol–water partition coefficient (Wildman–Crippen LogP) is 6.51. The van der Waals surface area contributed by atoms with Crippen molar-refractivity contribution in [3.63, 3.8) is 0 Å². The molecule has 7 nitrogen and oxygen atoms in total. The molecule has 4 heterocycles. The molecule has 11 heteroatoms. The topological polar surface area (TPSA) is 65.5 Å². The minimum absolute atomic E-state index is 0.122. The van der Waals surface area contributed by atoms with Crippen molar-refractivity contribution in [3.05, 3.63) is 64.7 Å². The van der Waals surface area contributed by atoms with Crippen LogP contribution in [0.2, 0.25) is 5.02 Å². The number of rotatable bonds is 7. The standard InChI is InChI=1S/C26H29ClF3N7/c1-4-35-15-23(26(28,29)30)33-25(35)18-9-7-17(8-10-18)13-31-20-6-5-11-36-22(20)12-21(34-36)24-19(27)14-32-37(24)16(2)3/h7-10,12,14-16,20,31H,4-6,11,13H2,1-3H3. The molecule has 0 radical (unpaired) electrons.